The minimum absolute atomic E-state index is 0.157. The van der Waals surface area contributed by atoms with Gasteiger partial charge in [-0.25, -0.2) is 14.8 Å². The molecule has 0 atom stereocenters. The molecular weight excluding hydrogens is 384 g/mol. The number of aromatic nitrogens is 2. The lowest BCUT2D eigenvalue weighted by Gasteiger charge is -2.10. The van der Waals surface area contributed by atoms with Gasteiger partial charge >= 0.3 is 6.03 Å². The first-order chi connectivity index (χ1) is 14.4. The smallest absolute Gasteiger partial charge is 0.323 e. The Hall–Kier alpha value is -4.14. The lowest BCUT2D eigenvalue weighted by molar-refractivity contribution is -0.114. The van der Waals surface area contributed by atoms with Crippen LogP contribution in [0.2, 0.25) is 0 Å². The zero-order valence-corrected chi connectivity index (χ0v) is 16.6. The summed E-state index contributed by atoms with van der Waals surface area (Å²) in [7, 11) is 0. The van der Waals surface area contributed by atoms with Crippen LogP contribution in [-0.2, 0) is 4.79 Å². The van der Waals surface area contributed by atoms with Crippen LogP contribution >= 0.6 is 0 Å². The molecule has 0 saturated carbocycles. The van der Waals surface area contributed by atoms with Gasteiger partial charge in [-0.1, -0.05) is 0 Å². The fourth-order valence-corrected chi connectivity index (χ4v) is 2.63. The maximum absolute atomic E-state index is 12.2. The van der Waals surface area contributed by atoms with Crippen molar-refractivity contribution in [2.24, 2.45) is 0 Å². The molecule has 3 rings (SSSR count). The normalized spacial score (nSPS) is 10.2. The van der Waals surface area contributed by atoms with Crippen molar-refractivity contribution in [3.63, 3.8) is 0 Å². The van der Waals surface area contributed by atoms with E-state index in [0.717, 1.165) is 5.56 Å². The van der Waals surface area contributed by atoms with Crippen molar-refractivity contribution in [3.05, 3.63) is 54.7 Å². The molecule has 0 aliphatic heterocycles. The fourth-order valence-electron chi connectivity index (χ4n) is 2.63. The lowest BCUT2D eigenvalue weighted by atomic mass is 10.2. The molecule has 30 heavy (non-hydrogen) atoms. The Morgan fingerprint density at radius 3 is 1.97 bits per heavy atom. The highest BCUT2D eigenvalue weighted by molar-refractivity contribution is 6.00. The number of nitrogens with zero attached hydrogens (tertiary/aromatic N) is 2. The third kappa shape index (κ3) is 5.44. The van der Waals surface area contributed by atoms with E-state index in [2.05, 4.69) is 25.9 Å². The first-order valence-electron chi connectivity index (χ1n) is 9.26. The molecule has 0 unspecified atom stereocenters. The van der Waals surface area contributed by atoms with Crippen molar-refractivity contribution in [2.75, 3.05) is 28.3 Å². The van der Waals surface area contributed by atoms with Crippen molar-refractivity contribution < 1.29 is 14.3 Å². The predicted octanol–water partition coefficient (Wildman–Crippen LogP) is 3.73. The SMILES string of the molecule is CCOc1cnc(-c2ccc(NC(=O)Nc3ccc(NC(C)=O)cc3)cc2)nc1N. The van der Waals surface area contributed by atoms with Gasteiger partial charge in [-0.15, -0.1) is 0 Å². The second kappa shape index (κ2) is 9.37. The topological polar surface area (TPSA) is 131 Å². The predicted molar refractivity (Wildman–Crippen MR) is 116 cm³/mol. The van der Waals surface area contributed by atoms with Gasteiger partial charge in [-0.05, 0) is 55.5 Å². The Kier molecular flexibility index (Phi) is 6.43. The molecule has 1 aromatic heterocycles. The highest BCUT2D eigenvalue weighted by atomic mass is 16.5. The van der Waals surface area contributed by atoms with E-state index in [4.69, 9.17) is 10.5 Å². The molecule has 0 aliphatic rings. The number of amides is 3. The fraction of sp³-hybridized carbons (Fsp3) is 0.143. The summed E-state index contributed by atoms with van der Waals surface area (Å²) in [5.41, 5.74) is 8.49. The summed E-state index contributed by atoms with van der Waals surface area (Å²) in [6.07, 6.45) is 1.54. The van der Waals surface area contributed by atoms with E-state index in [-0.39, 0.29) is 11.7 Å². The number of benzene rings is 2. The van der Waals surface area contributed by atoms with E-state index in [9.17, 15) is 9.59 Å². The summed E-state index contributed by atoms with van der Waals surface area (Å²) in [6, 6.07) is 13.5. The quantitative estimate of drug-likeness (QED) is 0.493. The number of nitrogen functional groups attached to an aromatic ring is 1. The molecule has 3 amide bonds. The van der Waals surface area contributed by atoms with E-state index < -0.39 is 6.03 Å². The van der Waals surface area contributed by atoms with Crippen molar-refractivity contribution in [2.45, 2.75) is 13.8 Å². The maximum Gasteiger partial charge on any atom is 0.323 e. The van der Waals surface area contributed by atoms with Crippen molar-refractivity contribution in [1.29, 1.82) is 0 Å². The van der Waals surface area contributed by atoms with Gasteiger partial charge in [-0.3, -0.25) is 4.79 Å². The molecule has 9 heteroatoms. The molecule has 0 bridgehead atoms. The van der Waals surface area contributed by atoms with Crippen molar-refractivity contribution >= 4 is 34.8 Å². The van der Waals surface area contributed by atoms with E-state index in [1.54, 1.807) is 48.5 Å². The van der Waals surface area contributed by atoms with Crippen LogP contribution in [0.5, 0.6) is 5.75 Å². The molecular formula is C21H22N6O3. The number of nitrogens with two attached hydrogens (primary N) is 1. The Morgan fingerprint density at radius 1 is 0.933 bits per heavy atom. The van der Waals surface area contributed by atoms with Gasteiger partial charge in [0.05, 0.1) is 12.8 Å². The van der Waals surface area contributed by atoms with E-state index >= 15 is 0 Å². The molecule has 3 aromatic rings. The summed E-state index contributed by atoms with van der Waals surface area (Å²) >= 11 is 0. The van der Waals surface area contributed by atoms with Gasteiger partial charge in [0, 0.05) is 29.5 Å². The zero-order chi connectivity index (χ0) is 21.5. The molecule has 154 valence electrons. The van der Waals surface area contributed by atoms with Crippen molar-refractivity contribution in [3.8, 4) is 17.1 Å². The van der Waals surface area contributed by atoms with Crippen LogP contribution in [-0.4, -0.2) is 28.5 Å². The molecule has 0 aliphatic carbocycles. The minimum atomic E-state index is -0.392. The van der Waals surface area contributed by atoms with E-state index in [1.807, 2.05) is 6.92 Å². The average Bonchev–Trinajstić information content (AvgIpc) is 2.71. The third-order valence-electron chi connectivity index (χ3n) is 3.95. The number of hydrogen-bond donors (Lipinski definition) is 4. The van der Waals surface area contributed by atoms with E-state index in [0.29, 0.717) is 35.2 Å². The number of rotatable bonds is 6. The zero-order valence-electron chi connectivity index (χ0n) is 16.6. The van der Waals surface area contributed by atoms with Crippen LogP contribution in [0.15, 0.2) is 54.7 Å². The molecule has 0 spiro atoms. The molecule has 1 heterocycles. The highest BCUT2D eigenvalue weighted by Gasteiger charge is 2.08. The second-order valence-corrected chi connectivity index (χ2v) is 6.29. The van der Waals surface area contributed by atoms with Crippen LogP contribution in [0.3, 0.4) is 0 Å². The minimum Gasteiger partial charge on any atom is -0.488 e. The number of anilines is 4. The standard InChI is InChI=1S/C21H22N6O3/c1-3-30-18-12-23-20(27-19(18)22)14-4-6-16(7-5-14)25-21(29)26-17-10-8-15(9-11-17)24-13(2)28/h4-12H,3H2,1-2H3,(H,24,28)(H2,22,23,27)(H2,25,26,29). The number of carbonyl (C=O) groups excluding carboxylic acids is 2. The van der Waals surface area contributed by atoms with Gasteiger partial charge < -0.3 is 26.4 Å². The Morgan fingerprint density at radius 2 is 1.47 bits per heavy atom. The Bertz CT molecular complexity index is 1040. The summed E-state index contributed by atoms with van der Waals surface area (Å²) in [6.45, 7) is 3.77. The molecule has 0 saturated heterocycles. The van der Waals surface area contributed by atoms with E-state index in [1.165, 1.54) is 13.1 Å². The number of nitrogens with one attached hydrogen (secondary N) is 3. The first kappa shape index (κ1) is 20.6. The Labute approximate surface area is 173 Å². The third-order valence-corrected chi connectivity index (χ3v) is 3.95. The number of ether oxygens (including phenoxy) is 1. The summed E-state index contributed by atoms with van der Waals surface area (Å²) in [5.74, 6) is 1.02. The van der Waals surface area contributed by atoms with Gasteiger partial charge in [0.2, 0.25) is 5.91 Å². The van der Waals surface area contributed by atoms with Crippen LogP contribution in [0.4, 0.5) is 27.7 Å². The second-order valence-electron chi connectivity index (χ2n) is 6.29. The molecule has 0 radical (unpaired) electrons. The molecule has 2 aromatic carbocycles. The van der Waals surface area contributed by atoms with Gasteiger partial charge in [0.25, 0.3) is 0 Å². The monoisotopic (exact) mass is 406 g/mol. The van der Waals surface area contributed by atoms with Gasteiger partial charge in [-0.2, -0.15) is 0 Å². The number of urea groups is 1. The number of hydrogen-bond acceptors (Lipinski definition) is 6. The average molecular weight is 406 g/mol. The molecule has 0 fully saturated rings. The Balaban J connectivity index is 1.60. The van der Waals surface area contributed by atoms with Crippen LogP contribution in [0, 0.1) is 0 Å². The highest BCUT2D eigenvalue weighted by Crippen LogP contribution is 2.23. The maximum atomic E-state index is 12.2. The largest absolute Gasteiger partial charge is 0.488 e. The van der Waals surface area contributed by atoms with Gasteiger partial charge in [0.1, 0.15) is 0 Å². The summed E-state index contributed by atoms with van der Waals surface area (Å²) < 4.78 is 5.34. The number of carbonyl (C=O) groups is 2. The van der Waals surface area contributed by atoms with Crippen LogP contribution in [0.1, 0.15) is 13.8 Å². The summed E-state index contributed by atoms with van der Waals surface area (Å²) in [5, 5.41) is 8.14. The van der Waals surface area contributed by atoms with Crippen LogP contribution in [0.25, 0.3) is 11.4 Å². The molecule has 5 N–H and O–H groups in total. The van der Waals surface area contributed by atoms with Crippen LogP contribution < -0.4 is 26.4 Å². The lowest BCUT2D eigenvalue weighted by Crippen LogP contribution is -2.19. The summed E-state index contributed by atoms with van der Waals surface area (Å²) in [4.78, 5) is 31.7. The van der Waals surface area contributed by atoms with Crippen molar-refractivity contribution in [1.82, 2.24) is 9.97 Å². The van der Waals surface area contributed by atoms with Gasteiger partial charge in [0.15, 0.2) is 17.4 Å². The molecule has 9 nitrogen and oxygen atoms in total. The first-order valence-corrected chi connectivity index (χ1v) is 9.26.